The van der Waals surface area contributed by atoms with Crippen LogP contribution < -0.4 is 4.90 Å². The Kier molecular flexibility index (Phi) is 5.96. The van der Waals surface area contributed by atoms with Crippen LogP contribution in [-0.2, 0) is 11.3 Å². The molecule has 0 unspecified atom stereocenters. The molecule has 2 aromatic carbocycles. The molecule has 0 fully saturated rings. The molecule has 3 rings (SSSR count). The zero-order chi connectivity index (χ0) is 15.8. The van der Waals surface area contributed by atoms with Crippen molar-refractivity contribution in [3.63, 3.8) is 0 Å². The summed E-state index contributed by atoms with van der Waals surface area (Å²) in [5.74, 6) is 0. The number of fused-ring (bicyclic) bond motifs is 2. The standard InChI is InChI=1S/C16H13NO.C4H10/c18-12-17-11-15-7-2-1-5-13(15)9-10-14-6-3-4-8-16(14)17;1-3-4-2/h1-10,12H,11H2;3-4H2,1-2H3/b10-9-;. The highest BCUT2D eigenvalue weighted by molar-refractivity contribution is 5.86. The molecular formula is C20H23NO. The second kappa shape index (κ2) is 8.18. The van der Waals surface area contributed by atoms with E-state index in [9.17, 15) is 4.79 Å². The lowest BCUT2D eigenvalue weighted by atomic mass is 10.0. The van der Waals surface area contributed by atoms with E-state index in [0.29, 0.717) is 6.54 Å². The van der Waals surface area contributed by atoms with Crippen molar-refractivity contribution in [1.82, 2.24) is 0 Å². The van der Waals surface area contributed by atoms with Gasteiger partial charge in [-0.15, -0.1) is 0 Å². The Morgan fingerprint density at radius 3 is 2.18 bits per heavy atom. The molecule has 114 valence electrons. The number of anilines is 1. The molecule has 2 heteroatoms. The van der Waals surface area contributed by atoms with Crippen molar-refractivity contribution in [2.75, 3.05) is 4.90 Å². The molecule has 0 atom stereocenters. The minimum Gasteiger partial charge on any atom is -0.310 e. The molecule has 0 radical (unpaired) electrons. The molecule has 0 N–H and O–H groups in total. The molecule has 22 heavy (non-hydrogen) atoms. The number of benzene rings is 2. The number of nitrogens with zero attached hydrogens (tertiary/aromatic N) is 1. The van der Waals surface area contributed by atoms with E-state index in [2.05, 4.69) is 38.1 Å². The monoisotopic (exact) mass is 293 g/mol. The average Bonchev–Trinajstić information content (AvgIpc) is 2.57. The molecule has 0 saturated heterocycles. The predicted molar refractivity (Wildman–Crippen MR) is 94.6 cm³/mol. The topological polar surface area (TPSA) is 20.3 Å². The number of hydrogen-bond donors (Lipinski definition) is 0. The van der Waals surface area contributed by atoms with Gasteiger partial charge in [0.2, 0.25) is 6.41 Å². The summed E-state index contributed by atoms with van der Waals surface area (Å²) in [5, 5.41) is 0. The third-order valence-corrected chi connectivity index (χ3v) is 3.71. The Hall–Kier alpha value is -2.35. The molecule has 1 heterocycles. The maximum absolute atomic E-state index is 11.3. The van der Waals surface area contributed by atoms with Crippen molar-refractivity contribution < 1.29 is 4.79 Å². The molecule has 1 aliphatic rings. The smallest absolute Gasteiger partial charge is 0.214 e. The van der Waals surface area contributed by atoms with E-state index in [0.717, 1.165) is 23.2 Å². The van der Waals surface area contributed by atoms with Crippen molar-refractivity contribution in [3.05, 3.63) is 65.2 Å². The van der Waals surface area contributed by atoms with Crippen molar-refractivity contribution in [2.24, 2.45) is 0 Å². The molecule has 2 aromatic rings. The van der Waals surface area contributed by atoms with Gasteiger partial charge in [-0.05, 0) is 22.8 Å². The summed E-state index contributed by atoms with van der Waals surface area (Å²) in [6.45, 7) is 4.97. The molecule has 0 bridgehead atoms. The van der Waals surface area contributed by atoms with Crippen LogP contribution in [-0.4, -0.2) is 6.41 Å². The Morgan fingerprint density at radius 2 is 1.50 bits per heavy atom. The Labute approximate surface area is 133 Å². The van der Waals surface area contributed by atoms with Gasteiger partial charge in [-0.2, -0.15) is 0 Å². The van der Waals surface area contributed by atoms with Crippen LogP contribution >= 0.6 is 0 Å². The van der Waals surface area contributed by atoms with Gasteiger partial charge < -0.3 is 4.90 Å². The summed E-state index contributed by atoms with van der Waals surface area (Å²) in [7, 11) is 0. The van der Waals surface area contributed by atoms with Crippen LogP contribution in [0.4, 0.5) is 5.69 Å². The first-order chi connectivity index (χ1) is 10.8. The normalized spacial score (nSPS) is 13.6. The average molecular weight is 293 g/mol. The first-order valence-electron chi connectivity index (χ1n) is 7.87. The number of amides is 1. The van der Waals surface area contributed by atoms with Crippen LogP contribution in [0, 0.1) is 0 Å². The first kappa shape index (κ1) is 16.0. The molecule has 0 spiro atoms. The van der Waals surface area contributed by atoms with Crippen LogP contribution in [0.3, 0.4) is 0 Å². The van der Waals surface area contributed by atoms with Gasteiger partial charge in [0, 0.05) is 0 Å². The van der Waals surface area contributed by atoms with E-state index in [1.165, 1.54) is 18.4 Å². The zero-order valence-electron chi connectivity index (χ0n) is 13.3. The first-order valence-corrected chi connectivity index (χ1v) is 7.87. The SMILES string of the molecule is CCCC.O=CN1Cc2ccccc2/C=C\c2ccccc21. The second-order valence-electron chi connectivity index (χ2n) is 5.32. The Balaban J connectivity index is 0.000000396. The predicted octanol–water partition coefficient (Wildman–Crippen LogP) is 5.14. The van der Waals surface area contributed by atoms with Gasteiger partial charge in [-0.1, -0.05) is 81.3 Å². The van der Waals surface area contributed by atoms with Crippen LogP contribution in [0.15, 0.2) is 48.5 Å². The van der Waals surface area contributed by atoms with Crippen molar-refractivity contribution in [3.8, 4) is 0 Å². The van der Waals surface area contributed by atoms with Gasteiger partial charge in [0.05, 0.1) is 12.2 Å². The molecule has 0 aliphatic carbocycles. The maximum atomic E-state index is 11.3. The fraction of sp³-hybridized carbons (Fsp3) is 0.250. The molecule has 2 nitrogen and oxygen atoms in total. The molecule has 0 saturated carbocycles. The van der Waals surface area contributed by atoms with Crippen LogP contribution in [0.25, 0.3) is 12.2 Å². The summed E-state index contributed by atoms with van der Waals surface area (Å²) in [5.41, 5.74) is 4.35. The van der Waals surface area contributed by atoms with E-state index in [4.69, 9.17) is 0 Å². The molecule has 0 aromatic heterocycles. The third-order valence-electron chi connectivity index (χ3n) is 3.71. The highest BCUT2D eigenvalue weighted by Gasteiger charge is 2.13. The lowest BCUT2D eigenvalue weighted by Gasteiger charge is -2.22. The number of unbranched alkanes of at least 4 members (excludes halogenated alkanes) is 1. The van der Waals surface area contributed by atoms with Crippen LogP contribution in [0.1, 0.15) is 43.4 Å². The Morgan fingerprint density at radius 1 is 0.909 bits per heavy atom. The number of carbonyl (C=O) groups is 1. The number of para-hydroxylation sites is 1. The highest BCUT2D eigenvalue weighted by Crippen LogP contribution is 2.27. The minimum absolute atomic E-state index is 0.612. The highest BCUT2D eigenvalue weighted by atomic mass is 16.1. The molecule has 1 aliphatic heterocycles. The van der Waals surface area contributed by atoms with Crippen molar-refractivity contribution in [1.29, 1.82) is 0 Å². The Bertz CT molecular complexity index is 644. The fourth-order valence-electron chi connectivity index (χ4n) is 2.27. The van der Waals surface area contributed by atoms with E-state index < -0.39 is 0 Å². The molecule has 1 amide bonds. The van der Waals surface area contributed by atoms with Crippen LogP contribution in [0.2, 0.25) is 0 Å². The number of carbonyl (C=O) groups excluding carboxylic acids is 1. The van der Waals surface area contributed by atoms with Crippen LogP contribution in [0.5, 0.6) is 0 Å². The third kappa shape index (κ3) is 3.85. The second-order valence-corrected chi connectivity index (χ2v) is 5.32. The largest absolute Gasteiger partial charge is 0.310 e. The summed E-state index contributed by atoms with van der Waals surface area (Å²) >= 11 is 0. The van der Waals surface area contributed by atoms with E-state index in [-0.39, 0.29) is 0 Å². The summed E-state index contributed by atoms with van der Waals surface area (Å²) in [6.07, 6.45) is 7.70. The minimum atomic E-state index is 0.612. The van der Waals surface area contributed by atoms with E-state index >= 15 is 0 Å². The van der Waals surface area contributed by atoms with Crippen molar-refractivity contribution >= 4 is 24.2 Å². The fourth-order valence-corrected chi connectivity index (χ4v) is 2.27. The molecular weight excluding hydrogens is 270 g/mol. The van der Waals surface area contributed by atoms with Gasteiger partial charge >= 0.3 is 0 Å². The zero-order valence-corrected chi connectivity index (χ0v) is 13.3. The van der Waals surface area contributed by atoms with E-state index in [1.807, 2.05) is 36.4 Å². The van der Waals surface area contributed by atoms with Gasteiger partial charge in [-0.3, -0.25) is 4.79 Å². The summed E-state index contributed by atoms with van der Waals surface area (Å²) < 4.78 is 0. The maximum Gasteiger partial charge on any atom is 0.214 e. The quantitative estimate of drug-likeness (QED) is 0.702. The van der Waals surface area contributed by atoms with Gasteiger partial charge in [0.1, 0.15) is 0 Å². The van der Waals surface area contributed by atoms with Gasteiger partial charge in [-0.25, -0.2) is 0 Å². The van der Waals surface area contributed by atoms with E-state index in [1.54, 1.807) is 4.90 Å². The summed E-state index contributed by atoms with van der Waals surface area (Å²) in [6, 6.07) is 16.1. The van der Waals surface area contributed by atoms with Gasteiger partial charge in [0.25, 0.3) is 0 Å². The number of hydrogen-bond acceptors (Lipinski definition) is 1. The lowest BCUT2D eigenvalue weighted by Crippen LogP contribution is -2.22. The lowest BCUT2D eigenvalue weighted by molar-refractivity contribution is -0.107. The number of rotatable bonds is 2. The summed E-state index contributed by atoms with van der Waals surface area (Å²) in [4.78, 5) is 13.0. The van der Waals surface area contributed by atoms with Gasteiger partial charge in [0.15, 0.2) is 0 Å². The van der Waals surface area contributed by atoms with Crippen molar-refractivity contribution in [2.45, 2.75) is 33.2 Å².